The van der Waals surface area contributed by atoms with E-state index < -0.39 is 0 Å². The van der Waals surface area contributed by atoms with Crippen LogP contribution < -0.4 is 5.32 Å². The Bertz CT molecular complexity index is 625. The van der Waals surface area contributed by atoms with Crippen LogP contribution in [0.2, 0.25) is 0 Å². The third-order valence-corrected chi connectivity index (χ3v) is 4.59. The summed E-state index contributed by atoms with van der Waals surface area (Å²) in [5.74, 6) is 0. The summed E-state index contributed by atoms with van der Waals surface area (Å²) in [5.41, 5.74) is 7.33. The minimum absolute atomic E-state index is 0.767. The second kappa shape index (κ2) is 5.06. The molecule has 0 unspecified atom stereocenters. The Morgan fingerprint density at radius 1 is 0.950 bits per heavy atom. The molecule has 0 bridgehead atoms. The molecule has 102 valence electrons. The van der Waals surface area contributed by atoms with Gasteiger partial charge in [0.1, 0.15) is 0 Å². The molecule has 0 aromatic heterocycles. The average Bonchev–Trinajstić information content (AvgIpc) is 3.20. The fraction of sp³-hybridized carbons (Fsp3) is 0.368. The van der Waals surface area contributed by atoms with Gasteiger partial charge < -0.3 is 5.32 Å². The van der Waals surface area contributed by atoms with Gasteiger partial charge in [-0.3, -0.25) is 0 Å². The summed E-state index contributed by atoms with van der Waals surface area (Å²) >= 11 is 0. The summed E-state index contributed by atoms with van der Waals surface area (Å²) in [6.45, 7) is 0.998. The molecular formula is C19H21N. The van der Waals surface area contributed by atoms with Gasteiger partial charge in [0.15, 0.2) is 0 Å². The van der Waals surface area contributed by atoms with Crippen LogP contribution in [0.5, 0.6) is 0 Å². The molecule has 1 N–H and O–H groups in total. The summed E-state index contributed by atoms with van der Waals surface area (Å²) in [6.07, 6.45) is 6.54. The molecule has 20 heavy (non-hydrogen) atoms. The van der Waals surface area contributed by atoms with Gasteiger partial charge in [0.25, 0.3) is 0 Å². The van der Waals surface area contributed by atoms with Crippen molar-refractivity contribution in [2.75, 3.05) is 0 Å². The molecule has 1 heteroatoms. The maximum absolute atomic E-state index is 3.64. The minimum Gasteiger partial charge on any atom is -0.310 e. The Morgan fingerprint density at radius 3 is 2.70 bits per heavy atom. The minimum atomic E-state index is 0.767. The van der Waals surface area contributed by atoms with Gasteiger partial charge in [0, 0.05) is 12.6 Å². The molecule has 1 fully saturated rings. The lowest BCUT2D eigenvalue weighted by molar-refractivity contribution is 0.689. The molecule has 0 amide bonds. The monoisotopic (exact) mass is 263 g/mol. The molecule has 0 atom stereocenters. The fourth-order valence-corrected chi connectivity index (χ4v) is 3.24. The number of hydrogen-bond donors (Lipinski definition) is 1. The van der Waals surface area contributed by atoms with E-state index in [1.54, 1.807) is 11.1 Å². The van der Waals surface area contributed by atoms with Gasteiger partial charge in [-0.1, -0.05) is 42.5 Å². The van der Waals surface area contributed by atoms with Gasteiger partial charge in [0.05, 0.1) is 0 Å². The standard InChI is InChI=1S/C19H21N/c1-2-7-19(17(4-1)13-20-18-10-11-18)16-9-8-14-5-3-6-15(14)12-16/h1-2,4,7-9,12,18,20H,3,5-6,10-11,13H2. The van der Waals surface area contributed by atoms with E-state index in [-0.39, 0.29) is 0 Å². The molecule has 0 spiro atoms. The summed E-state index contributed by atoms with van der Waals surface area (Å²) in [5, 5.41) is 3.64. The van der Waals surface area contributed by atoms with Crippen molar-refractivity contribution in [1.29, 1.82) is 0 Å². The first-order chi connectivity index (χ1) is 9.90. The zero-order valence-electron chi connectivity index (χ0n) is 11.9. The smallest absolute Gasteiger partial charge is 0.0214 e. The molecule has 0 aliphatic heterocycles. The maximum Gasteiger partial charge on any atom is 0.0214 e. The topological polar surface area (TPSA) is 12.0 Å². The predicted octanol–water partition coefficient (Wildman–Crippen LogP) is 4.09. The van der Waals surface area contributed by atoms with Crippen molar-refractivity contribution in [2.45, 2.75) is 44.7 Å². The third kappa shape index (κ3) is 2.38. The summed E-state index contributed by atoms with van der Waals surface area (Å²) < 4.78 is 0. The molecular weight excluding hydrogens is 242 g/mol. The quantitative estimate of drug-likeness (QED) is 0.876. The lowest BCUT2D eigenvalue weighted by atomic mass is 9.96. The lowest BCUT2D eigenvalue weighted by Crippen LogP contribution is -2.15. The molecule has 2 aromatic rings. The molecule has 2 aliphatic rings. The molecule has 2 aromatic carbocycles. The third-order valence-electron chi connectivity index (χ3n) is 4.59. The Hall–Kier alpha value is -1.60. The van der Waals surface area contributed by atoms with Crippen LogP contribution in [0.15, 0.2) is 42.5 Å². The van der Waals surface area contributed by atoms with Gasteiger partial charge in [-0.25, -0.2) is 0 Å². The second-order valence-electron chi connectivity index (χ2n) is 6.15. The van der Waals surface area contributed by atoms with Crippen molar-refractivity contribution < 1.29 is 0 Å². The number of rotatable bonds is 4. The van der Waals surface area contributed by atoms with E-state index in [9.17, 15) is 0 Å². The number of benzene rings is 2. The van der Waals surface area contributed by atoms with E-state index in [4.69, 9.17) is 0 Å². The van der Waals surface area contributed by atoms with E-state index in [2.05, 4.69) is 47.8 Å². The van der Waals surface area contributed by atoms with Crippen molar-refractivity contribution >= 4 is 0 Å². The number of hydrogen-bond acceptors (Lipinski definition) is 1. The molecule has 0 heterocycles. The van der Waals surface area contributed by atoms with Crippen molar-refractivity contribution in [3.63, 3.8) is 0 Å². The largest absolute Gasteiger partial charge is 0.310 e. The van der Waals surface area contributed by atoms with E-state index in [1.165, 1.54) is 48.8 Å². The van der Waals surface area contributed by atoms with Gasteiger partial charge >= 0.3 is 0 Å². The first kappa shape index (κ1) is 12.2. The molecule has 4 rings (SSSR count). The van der Waals surface area contributed by atoms with Crippen molar-refractivity contribution in [3.8, 4) is 11.1 Å². The maximum atomic E-state index is 3.64. The van der Waals surface area contributed by atoms with Gasteiger partial charge in [-0.2, -0.15) is 0 Å². The second-order valence-corrected chi connectivity index (χ2v) is 6.15. The van der Waals surface area contributed by atoms with Crippen molar-refractivity contribution in [3.05, 3.63) is 59.2 Å². The Balaban J connectivity index is 1.66. The Kier molecular flexibility index (Phi) is 3.08. The first-order valence-corrected chi connectivity index (χ1v) is 7.83. The number of aryl methyl sites for hydroxylation is 2. The SMILES string of the molecule is c1ccc(-c2ccc3c(c2)CCC3)c(CNC2CC2)c1. The van der Waals surface area contributed by atoms with Crippen LogP contribution in [0.3, 0.4) is 0 Å². The first-order valence-electron chi connectivity index (χ1n) is 7.83. The molecule has 1 saturated carbocycles. The van der Waals surface area contributed by atoms with Gasteiger partial charge in [0.2, 0.25) is 0 Å². The normalized spacial score (nSPS) is 17.2. The summed E-state index contributed by atoms with van der Waals surface area (Å²) in [4.78, 5) is 0. The molecule has 1 nitrogen and oxygen atoms in total. The van der Waals surface area contributed by atoms with Gasteiger partial charge in [-0.15, -0.1) is 0 Å². The molecule has 0 saturated heterocycles. The zero-order chi connectivity index (χ0) is 13.4. The zero-order valence-corrected chi connectivity index (χ0v) is 11.9. The number of fused-ring (bicyclic) bond motifs is 1. The van der Waals surface area contributed by atoms with Crippen LogP contribution in [0.1, 0.15) is 36.0 Å². The van der Waals surface area contributed by atoms with E-state index >= 15 is 0 Å². The average molecular weight is 263 g/mol. The van der Waals surface area contributed by atoms with E-state index in [1.807, 2.05) is 0 Å². The number of nitrogens with one attached hydrogen (secondary N) is 1. The fourth-order valence-electron chi connectivity index (χ4n) is 3.24. The lowest BCUT2D eigenvalue weighted by Gasteiger charge is -2.12. The van der Waals surface area contributed by atoms with Crippen LogP contribution >= 0.6 is 0 Å². The van der Waals surface area contributed by atoms with Crippen LogP contribution in [0.4, 0.5) is 0 Å². The van der Waals surface area contributed by atoms with Crippen LogP contribution in [-0.2, 0) is 19.4 Å². The Morgan fingerprint density at radius 2 is 1.80 bits per heavy atom. The molecule has 0 radical (unpaired) electrons. The van der Waals surface area contributed by atoms with Crippen LogP contribution in [0, 0.1) is 0 Å². The van der Waals surface area contributed by atoms with Gasteiger partial charge in [-0.05, 0) is 59.9 Å². The highest BCUT2D eigenvalue weighted by Gasteiger charge is 2.20. The van der Waals surface area contributed by atoms with E-state index in [0.29, 0.717) is 0 Å². The summed E-state index contributed by atoms with van der Waals surface area (Å²) in [7, 11) is 0. The highest BCUT2D eigenvalue weighted by molar-refractivity contribution is 5.69. The van der Waals surface area contributed by atoms with Crippen LogP contribution in [-0.4, -0.2) is 6.04 Å². The van der Waals surface area contributed by atoms with Crippen molar-refractivity contribution in [1.82, 2.24) is 5.32 Å². The van der Waals surface area contributed by atoms with Crippen molar-refractivity contribution in [2.24, 2.45) is 0 Å². The highest BCUT2D eigenvalue weighted by Crippen LogP contribution is 2.30. The van der Waals surface area contributed by atoms with E-state index in [0.717, 1.165) is 12.6 Å². The Labute approximate surface area is 121 Å². The highest BCUT2D eigenvalue weighted by atomic mass is 14.9. The predicted molar refractivity (Wildman–Crippen MR) is 83.8 cm³/mol. The van der Waals surface area contributed by atoms with Crippen LogP contribution in [0.25, 0.3) is 11.1 Å². The molecule has 2 aliphatic carbocycles. The summed E-state index contributed by atoms with van der Waals surface area (Å²) in [6, 6.07) is 16.7.